The van der Waals surface area contributed by atoms with Crippen molar-refractivity contribution >= 4 is 12.4 Å². The highest BCUT2D eigenvalue weighted by Gasteiger charge is 2.06. The van der Waals surface area contributed by atoms with Gasteiger partial charge in [0, 0.05) is 46.5 Å². The summed E-state index contributed by atoms with van der Waals surface area (Å²) in [6, 6.07) is 26.9. The van der Waals surface area contributed by atoms with Crippen LogP contribution in [-0.4, -0.2) is 12.4 Å². The molecule has 4 aromatic rings. The molecule has 0 saturated heterocycles. The van der Waals surface area contributed by atoms with E-state index >= 15 is 0 Å². The number of pyridine rings is 2. The van der Waals surface area contributed by atoms with Crippen LogP contribution < -0.4 is 43.1 Å². The highest BCUT2D eigenvalue weighted by molar-refractivity contribution is 5.78. The lowest BCUT2D eigenvalue weighted by Crippen LogP contribution is -3.00. The van der Waals surface area contributed by atoms with Crippen molar-refractivity contribution in [1.29, 1.82) is 10.5 Å². The van der Waals surface area contributed by atoms with E-state index in [1.54, 1.807) is 24.6 Å². The van der Waals surface area contributed by atoms with E-state index in [1.165, 1.54) is 0 Å². The number of aromatic nitrogens is 2. The van der Waals surface area contributed by atoms with Gasteiger partial charge in [-0.15, -0.1) is 0 Å². The fourth-order valence-corrected chi connectivity index (χ4v) is 3.76. The molecule has 2 aromatic carbocycles. The van der Waals surface area contributed by atoms with Crippen molar-refractivity contribution in [1.82, 2.24) is 0 Å². The van der Waals surface area contributed by atoms with E-state index in [4.69, 9.17) is 20.2 Å². The number of aryl methyl sites for hydroxylation is 2. The lowest BCUT2D eigenvalue weighted by molar-refractivity contribution is -0.726. The van der Waals surface area contributed by atoms with Crippen LogP contribution in [0.2, 0.25) is 0 Å². The molecule has 0 saturated carbocycles. The van der Waals surface area contributed by atoms with Crippen molar-refractivity contribution in [2.75, 3.05) is 0 Å². The molecule has 4 rings (SSSR count). The summed E-state index contributed by atoms with van der Waals surface area (Å²) in [6.07, 6.45) is 12.4. The number of hydrogen-bond donors (Lipinski definition) is 0. The average Bonchev–Trinajstić information content (AvgIpc) is 2.99. The molecule has 0 bridgehead atoms. The van der Waals surface area contributed by atoms with E-state index in [2.05, 4.69) is 31.6 Å². The molecule has 0 amide bonds. The fraction of sp³-hybridized carbons (Fsp3) is 0.161. The predicted octanol–water partition coefficient (Wildman–Crippen LogP) is -1.80. The molecule has 0 spiro atoms. The second-order valence-electron chi connectivity index (χ2n) is 8.65. The van der Waals surface area contributed by atoms with Crippen molar-refractivity contribution in [2.45, 2.75) is 32.7 Å². The Balaban J connectivity index is 0.00000294. The van der Waals surface area contributed by atoms with Gasteiger partial charge in [0.2, 0.25) is 0 Å². The van der Waals surface area contributed by atoms with Crippen LogP contribution in [0.5, 0.6) is 0 Å². The molecule has 2 aromatic heterocycles. The van der Waals surface area contributed by atoms with Crippen LogP contribution in [0.1, 0.15) is 39.8 Å². The molecule has 0 fully saturated rings. The second kappa shape index (κ2) is 18.1. The summed E-state index contributed by atoms with van der Waals surface area (Å²) >= 11 is 0. The maximum Gasteiger partial charge on any atom is 0.169 e. The number of oxime groups is 2. The van der Waals surface area contributed by atoms with Crippen LogP contribution in [0.25, 0.3) is 0 Å². The summed E-state index contributed by atoms with van der Waals surface area (Å²) in [5.41, 5.74) is 4.68. The zero-order chi connectivity index (χ0) is 27.1. The van der Waals surface area contributed by atoms with Gasteiger partial charge in [0.15, 0.2) is 37.9 Å². The van der Waals surface area contributed by atoms with Crippen LogP contribution in [0.4, 0.5) is 0 Å². The monoisotopic (exact) mass is 674 g/mol. The predicted molar refractivity (Wildman–Crippen MR) is 145 cm³/mol. The van der Waals surface area contributed by atoms with Crippen LogP contribution in [0.15, 0.2) is 108 Å². The van der Waals surface area contributed by atoms with Crippen molar-refractivity contribution in [3.05, 3.63) is 131 Å². The summed E-state index contributed by atoms with van der Waals surface area (Å²) in [5.74, 6) is 0. The maximum absolute atomic E-state index is 9.13. The lowest BCUT2D eigenvalue weighted by Gasteiger charge is -2.01. The molecule has 0 atom stereocenters. The number of nitriles is 2. The molecular weight excluding hydrogens is 648 g/mol. The van der Waals surface area contributed by atoms with Gasteiger partial charge in [-0.2, -0.15) is 10.5 Å². The molecule has 0 aliphatic rings. The zero-order valence-corrected chi connectivity index (χ0v) is 25.4. The Morgan fingerprint density at radius 3 is 1.39 bits per heavy atom. The first-order valence-electron chi connectivity index (χ1n) is 12.5. The quantitative estimate of drug-likeness (QED) is 0.101. The van der Waals surface area contributed by atoms with E-state index in [1.807, 2.05) is 85.5 Å². The topological polar surface area (TPSA) is 98.5 Å². The molecular formula is C31H28Br2N6O2. The number of hydrogen-bond acceptors (Lipinski definition) is 6. The van der Waals surface area contributed by atoms with Gasteiger partial charge in [-0.1, -0.05) is 46.7 Å². The molecule has 41 heavy (non-hydrogen) atoms. The minimum absolute atomic E-state index is 0. The Morgan fingerprint density at radius 2 is 1.00 bits per heavy atom. The summed E-state index contributed by atoms with van der Waals surface area (Å²) in [6.45, 7) is 2.27. The first kappa shape index (κ1) is 32.8. The first-order valence-corrected chi connectivity index (χ1v) is 12.5. The van der Waals surface area contributed by atoms with Crippen LogP contribution >= 0.6 is 0 Å². The van der Waals surface area contributed by atoms with E-state index in [-0.39, 0.29) is 47.2 Å². The van der Waals surface area contributed by atoms with Gasteiger partial charge >= 0.3 is 0 Å². The molecule has 0 unspecified atom stereocenters. The minimum Gasteiger partial charge on any atom is -1.00 e. The van der Waals surface area contributed by atoms with Crippen LogP contribution in [0, 0.1) is 22.7 Å². The van der Waals surface area contributed by atoms with Gasteiger partial charge in [-0.05, 0) is 12.1 Å². The number of halogens is 2. The normalized spacial score (nSPS) is 10.3. The fourth-order valence-electron chi connectivity index (χ4n) is 3.76. The number of nitrogens with zero attached hydrogens (tertiary/aromatic N) is 6. The molecule has 0 aliphatic carbocycles. The summed E-state index contributed by atoms with van der Waals surface area (Å²) in [7, 11) is 0. The molecule has 10 heteroatoms. The molecule has 208 valence electrons. The van der Waals surface area contributed by atoms with Gasteiger partial charge in [0.05, 0.1) is 42.1 Å². The zero-order valence-electron chi connectivity index (χ0n) is 22.2. The van der Waals surface area contributed by atoms with Crippen molar-refractivity contribution in [3.8, 4) is 12.1 Å². The van der Waals surface area contributed by atoms with Crippen molar-refractivity contribution < 1.29 is 52.8 Å². The van der Waals surface area contributed by atoms with E-state index in [0.717, 1.165) is 41.8 Å². The molecule has 8 nitrogen and oxygen atoms in total. The van der Waals surface area contributed by atoms with Crippen LogP contribution in [-0.2, 0) is 36.0 Å². The van der Waals surface area contributed by atoms with Gasteiger partial charge in [-0.3, -0.25) is 0 Å². The van der Waals surface area contributed by atoms with Crippen LogP contribution in [0.3, 0.4) is 0 Å². The Kier molecular flexibility index (Phi) is 14.5. The van der Waals surface area contributed by atoms with Gasteiger partial charge < -0.3 is 43.6 Å². The first-order chi connectivity index (χ1) is 19.2. The maximum atomic E-state index is 9.13. The molecule has 0 N–H and O–H groups in total. The third-order valence-electron chi connectivity index (χ3n) is 5.93. The van der Waals surface area contributed by atoms with Gasteiger partial charge in [0.25, 0.3) is 0 Å². The van der Waals surface area contributed by atoms with E-state index in [0.29, 0.717) is 11.1 Å². The van der Waals surface area contributed by atoms with Gasteiger partial charge in [0.1, 0.15) is 13.2 Å². The highest BCUT2D eigenvalue weighted by atomic mass is 79.9. The smallest absolute Gasteiger partial charge is 0.169 e. The standard InChI is InChI=1S/C31H28N6O2.2BrH/c32-20-28-6-1-3-8-30(28)24-38-34-22-26-10-16-36(17-11-26)14-5-15-37-18-12-27(13-19-37)23-35-39-25-31-9-4-2-7-29(31)21-33;;/h1-4,6-13,16-19,22-23H,5,14-15,24-25H2;2*1H/q+2;;/p-2/b34-22+,35-23+;;. The molecule has 0 radical (unpaired) electrons. The second-order valence-corrected chi connectivity index (χ2v) is 8.65. The van der Waals surface area contributed by atoms with E-state index in [9.17, 15) is 0 Å². The number of benzene rings is 2. The summed E-state index contributed by atoms with van der Waals surface area (Å²) in [4.78, 5) is 10.7. The largest absolute Gasteiger partial charge is 1.00 e. The molecule has 0 aliphatic heterocycles. The van der Waals surface area contributed by atoms with Crippen molar-refractivity contribution in [2.24, 2.45) is 10.3 Å². The van der Waals surface area contributed by atoms with Crippen molar-refractivity contribution in [3.63, 3.8) is 0 Å². The minimum atomic E-state index is 0. The number of rotatable bonds is 12. The lowest BCUT2D eigenvalue weighted by atomic mass is 10.1. The molecule has 2 heterocycles. The Morgan fingerprint density at radius 1 is 0.610 bits per heavy atom. The highest BCUT2D eigenvalue weighted by Crippen LogP contribution is 2.09. The average molecular weight is 676 g/mol. The van der Waals surface area contributed by atoms with E-state index < -0.39 is 0 Å². The van der Waals surface area contributed by atoms with Gasteiger partial charge in [-0.25, -0.2) is 9.13 Å². The Labute approximate surface area is 260 Å². The third kappa shape index (κ3) is 10.6. The third-order valence-corrected chi connectivity index (χ3v) is 5.93. The Hall–Kier alpha value is -4.38. The summed E-state index contributed by atoms with van der Waals surface area (Å²) < 4.78 is 4.26. The Bertz CT molecular complexity index is 1400. The summed E-state index contributed by atoms with van der Waals surface area (Å²) in [5, 5.41) is 26.3. The SMILES string of the molecule is N#Cc1ccccc1CO/N=C/c1cc[n+](CCC[n+]2ccc(/C=N/OCc3ccccc3C#N)cc2)cc1.[Br-].[Br-].